The van der Waals surface area contributed by atoms with Gasteiger partial charge in [-0.3, -0.25) is 9.48 Å². The Kier molecular flexibility index (Phi) is 6.82. The first-order chi connectivity index (χ1) is 18.4. The minimum atomic E-state index is -1.07. The molecular formula is C31H24FN3O3. The van der Waals surface area contributed by atoms with Gasteiger partial charge >= 0.3 is 5.97 Å². The summed E-state index contributed by atoms with van der Waals surface area (Å²) in [7, 11) is 1.87. The molecule has 4 aromatic carbocycles. The van der Waals surface area contributed by atoms with Crippen LogP contribution in [0.5, 0.6) is 0 Å². The second-order valence-electron chi connectivity index (χ2n) is 8.87. The molecule has 1 aromatic heterocycles. The zero-order valence-corrected chi connectivity index (χ0v) is 20.6. The molecule has 0 unspecified atom stereocenters. The molecule has 0 atom stereocenters. The van der Waals surface area contributed by atoms with E-state index >= 15 is 4.39 Å². The Morgan fingerprint density at radius 1 is 0.947 bits per heavy atom. The van der Waals surface area contributed by atoms with Crippen molar-refractivity contribution in [2.75, 3.05) is 4.90 Å². The quantitative estimate of drug-likeness (QED) is 0.263. The molecule has 0 aliphatic heterocycles. The summed E-state index contributed by atoms with van der Waals surface area (Å²) in [6.07, 6.45) is 4.26. The van der Waals surface area contributed by atoms with Gasteiger partial charge in [0.1, 0.15) is 5.82 Å². The standard InChI is InChI=1S/C31H24FN3O3/c1-34-29-14-13-23(17-26(29)19-33-34)24-11-12-25(28(32)18-24)20-35(31(38)22-7-3-2-4-8-22)27-9-5-6-21(16-27)10-15-30(36)37/h2-19H,20H2,1H3,(H,36,37)/b15-10+. The Bertz CT molecular complexity index is 1670. The predicted molar refractivity (Wildman–Crippen MR) is 146 cm³/mol. The molecule has 0 bridgehead atoms. The third-order valence-corrected chi connectivity index (χ3v) is 6.33. The maximum absolute atomic E-state index is 15.5. The Morgan fingerprint density at radius 2 is 1.71 bits per heavy atom. The second-order valence-corrected chi connectivity index (χ2v) is 8.87. The average molecular weight is 506 g/mol. The summed E-state index contributed by atoms with van der Waals surface area (Å²) in [5.41, 5.74) is 4.52. The molecule has 5 aromatic rings. The molecule has 1 amide bonds. The second kappa shape index (κ2) is 10.5. The number of carbonyl (C=O) groups is 2. The highest BCUT2D eigenvalue weighted by molar-refractivity contribution is 6.06. The van der Waals surface area contributed by atoms with Gasteiger partial charge in [0.05, 0.1) is 18.3 Å². The molecule has 7 heteroatoms. The molecule has 0 radical (unpaired) electrons. The van der Waals surface area contributed by atoms with Gasteiger partial charge in [0.15, 0.2) is 0 Å². The summed E-state index contributed by atoms with van der Waals surface area (Å²) in [6, 6.07) is 26.6. The van der Waals surface area contributed by atoms with Gasteiger partial charge in [0, 0.05) is 35.3 Å². The predicted octanol–water partition coefficient (Wildman–Crippen LogP) is 6.32. The van der Waals surface area contributed by atoms with Gasteiger partial charge in [-0.1, -0.05) is 48.5 Å². The van der Waals surface area contributed by atoms with Crippen LogP contribution in [0.1, 0.15) is 21.5 Å². The van der Waals surface area contributed by atoms with Crippen molar-refractivity contribution in [1.29, 1.82) is 0 Å². The molecule has 0 saturated heterocycles. The zero-order chi connectivity index (χ0) is 26.6. The number of anilines is 1. The number of rotatable bonds is 7. The lowest BCUT2D eigenvalue weighted by molar-refractivity contribution is -0.131. The first-order valence-electron chi connectivity index (χ1n) is 12.0. The van der Waals surface area contributed by atoms with Gasteiger partial charge in [-0.25, -0.2) is 9.18 Å². The molecule has 0 aliphatic carbocycles. The number of carbonyl (C=O) groups excluding carboxylic acids is 1. The lowest BCUT2D eigenvalue weighted by Gasteiger charge is -2.24. The van der Waals surface area contributed by atoms with Crippen LogP contribution in [-0.2, 0) is 18.4 Å². The molecule has 1 N–H and O–H groups in total. The van der Waals surface area contributed by atoms with Crippen LogP contribution in [0.2, 0.25) is 0 Å². The van der Waals surface area contributed by atoms with Crippen LogP contribution < -0.4 is 4.90 Å². The number of carboxylic acid groups (broad SMARTS) is 1. The number of aliphatic carboxylic acids is 1. The van der Waals surface area contributed by atoms with Gasteiger partial charge in [0.25, 0.3) is 5.91 Å². The van der Waals surface area contributed by atoms with Crippen molar-refractivity contribution in [3.8, 4) is 11.1 Å². The molecule has 188 valence electrons. The molecule has 6 nitrogen and oxygen atoms in total. The van der Waals surface area contributed by atoms with Crippen LogP contribution in [0, 0.1) is 5.82 Å². The SMILES string of the molecule is Cn1ncc2cc(-c3ccc(CN(C(=O)c4ccccc4)c4cccc(/C=C/C(=O)O)c4)c(F)c3)ccc21. The normalized spacial score (nSPS) is 11.2. The molecule has 1 heterocycles. The van der Waals surface area contributed by atoms with E-state index in [4.69, 9.17) is 5.11 Å². The van der Waals surface area contributed by atoms with Gasteiger partial charge in [0.2, 0.25) is 0 Å². The molecule has 5 rings (SSSR count). The number of aryl methyl sites for hydroxylation is 1. The molecular weight excluding hydrogens is 481 g/mol. The number of hydrogen-bond acceptors (Lipinski definition) is 3. The first kappa shape index (κ1) is 24.6. The Labute approximate surface area is 218 Å². The Hall–Kier alpha value is -5.04. The maximum Gasteiger partial charge on any atom is 0.328 e. The number of carboxylic acids is 1. The van der Waals surface area contributed by atoms with Crippen molar-refractivity contribution in [3.63, 3.8) is 0 Å². The molecule has 0 aliphatic rings. The average Bonchev–Trinajstić information content (AvgIpc) is 3.31. The molecule has 38 heavy (non-hydrogen) atoms. The fourth-order valence-electron chi connectivity index (χ4n) is 4.35. The first-order valence-corrected chi connectivity index (χ1v) is 12.0. The van der Waals surface area contributed by atoms with Crippen LogP contribution in [0.4, 0.5) is 10.1 Å². The van der Waals surface area contributed by atoms with Crippen molar-refractivity contribution in [2.24, 2.45) is 7.05 Å². The minimum Gasteiger partial charge on any atom is -0.478 e. The van der Waals surface area contributed by atoms with Crippen molar-refractivity contribution in [3.05, 3.63) is 126 Å². The minimum absolute atomic E-state index is 0.00637. The van der Waals surface area contributed by atoms with Gasteiger partial charge in [-0.05, 0) is 65.2 Å². The van der Waals surface area contributed by atoms with Crippen LogP contribution in [0.25, 0.3) is 28.1 Å². The van der Waals surface area contributed by atoms with Crippen molar-refractivity contribution in [1.82, 2.24) is 9.78 Å². The fourth-order valence-corrected chi connectivity index (χ4v) is 4.35. The van der Waals surface area contributed by atoms with Crippen LogP contribution in [0.3, 0.4) is 0 Å². The van der Waals surface area contributed by atoms with E-state index in [1.165, 1.54) is 17.0 Å². The van der Waals surface area contributed by atoms with E-state index in [1.807, 2.05) is 37.4 Å². The highest BCUT2D eigenvalue weighted by atomic mass is 19.1. The lowest BCUT2D eigenvalue weighted by atomic mass is 10.0. The highest BCUT2D eigenvalue weighted by Gasteiger charge is 2.20. The van der Waals surface area contributed by atoms with Crippen LogP contribution in [0.15, 0.2) is 103 Å². The van der Waals surface area contributed by atoms with E-state index in [1.54, 1.807) is 65.5 Å². The number of fused-ring (bicyclic) bond motifs is 1. The maximum atomic E-state index is 15.5. The summed E-state index contributed by atoms with van der Waals surface area (Å²) >= 11 is 0. The monoisotopic (exact) mass is 505 g/mol. The smallest absolute Gasteiger partial charge is 0.328 e. The van der Waals surface area contributed by atoms with Crippen LogP contribution in [-0.4, -0.2) is 26.8 Å². The number of amides is 1. The summed E-state index contributed by atoms with van der Waals surface area (Å²) in [5, 5.41) is 14.2. The topological polar surface area (TPSA) is 75.4 Å². The van der Waals surface area contributed by atoms with E-state index in [0.717, 1.165) is 28.1 Å². The number of nitrogens with zero attached hydrogens (tertiary/aromatic N) is 3. The number of halogens is 1. The summed E-state index contributed by atoms with van der Waals surface area (Å²) < 4.78 is 17.2. The number of aromatic nitrogens is 2. The summed E-state index contributed by atoms with van der Waals surface area (Å²) in [5.74, 6) is -1.80. The molecule has 0 fully saturated rings. The Morgan fingerprint density at radius 3 is 2.47 bits per heavy atom. The fraction of sp³-hybridized carbons (Fsp3) is 0.0645. The van der Waals surface area contributed by atoms with Crippen LogP contribution >= 0.6 is 0 Å². The van der Waals surface area contributed by atoms with Crippen molar-refractivity contribution in [2.45, 2.75) is 6.54 Å². The van der Waals surface area contributed by atoms with Crippen molar-refractivity contribution >= 4 is 34.5 Å². The van der Waals surface area contributed by atoms with E-state index in [-0.39, 0.29) is 12.5 Å². The van der Waals surface area contributed by atoms with E-state index in [2.05, 4.69) is 5.10 Å². The number of hydrogen-bond donors (Lipinski definition) is 1. The largest absolute Gasteiger partial charge is 0.478 e. The van der Waals surface area contributed by atoms with Gasteiger partial charge in [-0.15, -0.1) is 0 Å². The van der Waals surface area contributed by atoms with E-state index in [9.17, 15) is 9.59 Å². The van der Waals surface area contributed by atoms with E-state index in [0.29, 0.717) is 22.4 Å². The zero-order valence-electron chi connectivity index (χ0n) is 20.6. The van der Waals surface area contributed by atoms with E-state index < -0.39 is 11.8 Å². The van der Waals surface area contributed by atoms with Crippen molar-refractivity contribution < 1.29 is 19.1 Å². The molecule has 0 saturated carbocycles. The number of benzene rings is 4. The van der Waals surface area contributed by atoms with Gasteiger partial charge in [-0.2, -0.15) is 5.10 Å². The molecule has 0 spiro atoms. The lowest BCUT2D eigenvalue weighted by Crippen LogP contribution is -2.30. The third-order valence-electron chi connectivity index (χ3n) is 6.33. The highest BCUT2D eigenvalue weighted by Crippen LogP contribution is 2.28. The summed E-state index contributed by atoms with van der Waals surface area (Å²) in [6.45, 7) is -0.00637. The third kappa shape index (κ3) is 5.22. The van der Waals surface area contributed by atoms with Gasteiger partial charge < -0.3 is 10.0 Å². The Balaban J connectivity index is 1.49. The summed E-state index contributed by atoms with van der Waals surface area (Å²) in [4.78, 5) is 26.0.